The van der Waals surface area contributed by atoms with Gasteiger partial charge >= 0.3 is 19.8 Å². The Balaban J connectivity index is -0.0000000150. The van der Waals surface area contributed by atoms with Crippen molar-refractivity contribution in [3.8, 4) is 0 Å². The molecule has 0 heterocycles. The van der Waals surface area contributed by atoms with E-state index in [0.717, 1.165) is 0 Å². The van der Waals surface area contributed by atoms with E-state index >= 15 is 0 Å². The van der Waals surface area contributed by atoms with Crippen molar-refractivity contribution in [1.82, 2.24) is 0 Å². The first kappa shape index (κ1) is 29.8. The van der Waals surface area contributed by atoms with Crippen molar-refractivity contribution >= 4 is 45.9 Å². The van der Waals surface area contributed by atoms with E-state index in [4.69, 9.17) is 28.4 Å². The second-order valence-corrected chi connectivity index (χ2v) is 0.671. The molecule has 0 amide bonds. The smallest absolute Gasteiger partial charge is 0.772 e. The van der Waals surface area contributed by atoms with Crippen LogP contribution in [0.3, 0.4) is 0 Å². The number of rotatable bonds is 0. The van der Waals surface area contributed by atoms with Crippen molar-refractivity contribution in [2.75, 3.05) is 0 Å². The maximum Gasteiger partial charge on any atom is 3.00 e. The van der Waals surface area contributed by atoms with E-state index in [0.29, 0.717) is 0 Å². The Bertz CT molecular complexity index is 50.4. The summed E-state index contributed by atoms with van der Waals surface area (Å²) in [4.78, 5) is 25.0. The summed E-state index contributed by atoms with van der Waals surface area (Å²) in [7, 11) is -3.25. The molecule has 0 aromatic rings. The molecule has 0 fully saturated rings. The molecule has 0 spiro atoms. The van der Waals surface area contributed by atoms with Crippen LogP contribution < -0.4 is 14.7 Å². The van der Waals surface area contributed by atoms with Crippen LogP contribution in [0.25, 0.3) is 0 Å². The third-order valence-corrected chi connectivity index (χ3v) is 0. The molecule has 0 aromatic carbocycles. The van der Waals surface area contributed by atoms with Crippen molar-refractivity contribution in [3.05, 3.63) is 0 Å². The molecule has 0 rings (SSSR count). The van der Waals surface area contributed by atoms with Crippen molar-refractivity contribution in [2.24, 2.45) is 0 Å². The Morgan fingerprint density at radius 1 is 0.727 bits per heavy atom. The maximum atomic E-state index is 8.35. The Morgan fingerprint density at radius 3 is 0.727 bits per heavy atom. The average Bonchev–Trinajstić information content (AvgIpc) is 1.70. The van der Waals surface area contributed by atoms with Gasteiger partial charge in [-0.05, 0) is 0 Å². The first-order valence-corrected chi connectivity index (χ1v) is 3.29. The summed E-state index contributed by atoms with van der Waals surface area (Å²) in [5.41, 5.74) is 0. The molecule has 0 saturated carbocycles. The predicted octanol–water partition coefficient (Wildman–Crippen LogP) is -2.55. The Labute approximate surface area is 80.0 Å². The van der Waals surface area contributed by atoms with E-state index in [-0.39, 0.29) is 25.3 Å². The Kier molecular flexibility index (Phi) is 196. The van der Waals surface area contributed by atoms with Crippen LogP contribution in [0.1, 0.15) is 0 Å². The second-order valence-electron chi connectivity index (χ2n) is 0.224. The first-order valence-electron chi connectivity index (χ1n) is 1.10. The van der Waals surface area contributed by atoms with E-state index < -0.39 is 26.1 Å². The van der Waals surface area contributed by atoms with E-state index in [1.165, 1.54) is 0 Å². The molecule has 0 aliphatic rings. The molecule has 0 aromatic heterocycles. The van der Waals surface area contributed by atoms with Crippen LogP contribution in [0.5, 0.6) is 0 Å². The van der Waals surface area contributed by atoms with Crippen molar-refractivity contribution in [1.29, 1.82) is 0 Å². The van der Waals surface area contributed by atoms with E-state index in [1.54, 1.807) is 0 Å². The van der Waals surface area contributed by atoms with Crippen molar-refractivity contribution in [2.45, 2.75) is 0 Å². The third-order valence-electron chi connectivity index (χ3n) is 0. The molecular formula is H2GaO7P3. The first-order chi connectivity index (χ1) is 4.24. The van der Waals surface area contributed by atoms with Gasteiger partial charge in [0.1, 0.15) is 0 Å². The van der Waals surface area contributed by atoms with E-state index in [2.05, 4.69) is 0 Å². The molecule has 11 heavy (non-hydrogen) atoms. The van der Waals surface area contributed by atoms with Gasteiger partial charge in [0.15, 0.2) is 0 Å². The Morgan fingerprint density at radius 2 is 0.727 bits per heavy atom. The molecule has 0 saturated heterocycles. The van der Waals surface area contributed by atoms with Gasteiger partial charge < -0.3 is 20.2 Å². The third kappa shape index (κ3) is 1380. The molecule has 11 heteroatoms. The molecule has 2 N–H and O–H groups in total. The van der Waals surface area contributed by atoms with E-state index in [9.17, 15) is 0 Å². The van der Waals surface area contributed by atoms with Gasteiger partial charge in [0, 0.05) is 0 Å². The molecule has 0 aliphatic heterocycles. The summed E-state index contributed by atoms with van der Waals surface area (Å²) in [5, 5.41) is 0. The van der Waals surface area contributed by atoms with Crippen LogP contribution >= 0.6 is 26.1 Å². The van der Waals surface area contributed by atoms with Crippen LogP contribution in [-0.4, -0.2) is 25.3 Å². The van der Waals surface area contributed by atoms with Gasteiger partial charge in [-0.3, -0.25) is 13.7 Å². The van der Waals surface area contributed by atoms with Crippen LogP contribution in [-0.2, 0) is 13.7 Å². The summed E-state index contributed by atoms with van der Waals surface area (Å²) in [6.07, 6.45) is 0. The summed E-state index contributed by atoms with van der Waals surface area (Å²) in [5.74, 6) is 0. The topological polar surface area (TPSA) is 152 Å². The van der Waals surface area contributed by atoms with Gasteiger partial charge in [0.2, 0.25) is 0 Å². The van der Waals surface area contributed by atoms with Gasteiger partial charge in [-0.15, -0.1) is 0 Å². The number of hydrogen-bond donors (Lipinski definition) is 0. The minimum atomic E-state index is -1.08. The summed E-state index contributed by atoms with van der Waals surface area (Å²) in [6.45, 7) is 0. The van der Waals surface area contributed by atoms with Gasteiger partial charge in [0.05, 0.1) is 26.1 Å². The zero-order chi connectivity index (χ0) is 8.12. The fraction of sp³-hybridized carbons (Fsp3) is 0. The minimum Gasteiger partial charge on any atom is -0.772 e. The second kappa shape index (κ2) is 72.2. The summed E-state index contributed by atoms with van der Waals surface area (Å²) in [6, 6.07) is 0. The SMILES string of the molecule is O.O=P[O-].O=P[O-].O=P[O-].[Ga+3]. The molecule has 0 unspecified atom stereocenters. The maximum absolute atomic E-state index is 8.35. The fourth-order valence-corrected chi connectivity index (χ4v) is 0. The fourth-order valence-electron chi connectivity index (χ4n) is 0. The molecule has 0 radical (unpaired) electrons. The van der Waals surface area contributed by atoms with Crippen LogP contribution in [0.15, 0.2) is 0 Å². The molecule has 0 bridgehead atoms. The van der Waals surface area contributed by atoms with Crippen molar-refractivity contribution in [3.63, 3.8) is 0 Å². The Hall–Kier alpha value is 0.776. The summed E-state index contributed by atoms with van der Waals surface area (Å²) < 4.78 is 25.0. The summed E-state index contributed by atoms with van der Waals surface area (Å²) >= 11 is 0. The van der Waals surface area contributed by atoms with Gasteiger partial charge in [-0.2, -0.15) is 0 Å². The van der Waals surface area contributed by atoms with E-state index in [1.807, 2.05) is 0 Å². The van der Waals surface area contributed by atoms with Crippen molar-refractivity contribution < 1.29 is 33.9 Å². The van der Waals surface area contributed by atoms with Crippen LogP contribution in [0.4, 0.5) is 0 Å². The van der Waals surface area contributed by atoms with Crippen LogP contribution in [0.2, 0.25) is 0 Å². The zero-order valence-electron chi connectivity index (χ0n) is 4.87. The number of hydrogen-bond acceptors (Lipinski definition) is 6. The molecular weight excluding hydrogens is 275 g/mol. The molecule has 7 nitrogen and oxygen atoms in total. The standard InChI is InChI=1S/Ga.3HO2P.H2O/c;3*1-3-2;/h;3*(H,1,2);1H2/q+3;;;;/p-3. The normalized spacial score (nSPS) is 5.73. The van der Waals surface area contributed by atoms with Gasteiger partial charge in [-0.25, -0.2) is 0 Å². The monoisotopic (exact) mass is 276 g/mol. The predicted molar refractivity (Wildman–Crippen MR) is 32.2 cm³/mol. The molecule has 0 aliphatic carbocycles. The quantitative estimate of drug-likeness (QED) is 0.351. The minimum absolute atomic E-state index is 0. The van der Waals surface area contributed by atoms with Gasteiger partial charge in [0.25, 0.3) is 0 Å². The van der Waals surface area contributed by atoms with Crippen LogP contribution in [0, 0.1) is 0 Å². The largest absolute Gasteiger partial charge is 3.00 e. The molecule has 0 atom stereocenters. The molecule has 62 valence electrons. The van der Waals surface area contributed by atoms with Gasteiger partial charge in [-0.1, -0.05) is 0 Å². The zero-order valence-corrected chi connectivity index (χ0v) is 9.97. The average molecular weight is 277 g/mol.